The Balaban J connectivity index is 1.81. The lowest BCUT2D eigenvalue weighted by Crippen LogP contribution is -2.07. The van der Waals surface area contributed by atoms with Crippen LogP contribution in [0.25, 0.3) is 33.8 Å². The number of aromatic nitrogens is 5. The zero-order valence-corrected chi connectivity index (χ0v) is 14.2. The van der Waals surface area contributed by atoms with Gasteiger partial charge in [-0.25, -0.2) is 9.61 Å². The molecule has 0 saturated heterocycles. The van der Waals surface area contributed by atoms with E-state index in [2.05, 4.69) is 19.9 Å². The number of anilines is 1. The third-order valence-electron chi connectivity index (χ3n) is 5.07. The van der Waals surface area contributed by atoms with Crippen LogP contribution in [0.15, 0.2) is 47.2 Å². The zero-order valence-electron chi connectivity index (χ0n) is 14.2. The quantitative estimate of drug-likeness (QED) is 0.605. The molecule has 7 heteroatoms. The molecule has 26 heavy (non-hydrogen) atoms. The summed E-state index contributed by atoms with van der Waals surface area (Å²) in [7, 11) is 0. The molecule has 2 N–H and O–H groups in total. The van der Waals surface area contributed by atoms with Crippen LogP contribution in [0.2, 0.25) is 0 Å². The van der Waals surface area contributed by atoms with Crippen LogP contribution in [0, 0.1) is 0 Å². The summed E-state index contributed by atoms with van der Waals surface area (Å²) < 4.78 is 7.08. The van der Waals surface area contributed by atoms with Gasteiger partial charge in [0.05, 0.1) is 11.2 Å². The van der Waals surface area contributed by atoms with Crippen LogP contribution in [-0.4, -0.2) is 24.8 Å². The molecule has 1 fully saturated rings. The fourth-order valence-electron chi connectivity index (χ4n) is 3.88. The molecule has 3 heterocycles. The van der Waals surface area contributed by atoms with Gasteiger partial charge in [0, 0.05) is 17.8 Å². The van der Waals surface area contributed by atoms with Gasteiger partial charge in [-0.15, -0.1) is 0 Å². The maximum Gasteiger partial charge on any atom is 0.199 e. The van der Waals surface area contributed by atoms with Crippen LogP contribution in [0.5, 0.6) is 0 Å². The van der Waals surface area contributed by atoms with E-state index in [4.69, 9.17) is 15.3 Å². The maximum atomic E-state index is 5.97. The van der Waals surface area contributed by atoms with E-state index in [1.54, 1.807) is 0 Å². The van der Waals surface area contributed by atoms with E-state index >= 15 is 0 Å². The maximum absolute atomic E-state index is 5.97. The van der Waals surface area contributed by atoms with Gasteiger partial charge in [0.1, 0.15) is 5.52 Å². The number of nitrogen functional groups attached to an aromatic ring is 1. The number of hydrogen-bond donors (Lipinski definition) is 1. The summed E-state index contributed by atoms with van der Waals surface area (Å²) in [4.78, 5) is 9.49. The van der Waals surface area contributed by atoms with Crippen molar-refractivity contribution in [1.82, 2.24) is 24.8 Å². The Morgan fingerprint density at radius 3 is 2.54 bits per heavy atom. The number of rotatable bonds is 3. The number of pyridine rings is 1. The van der Waals surface area contributed by atoms with Crippen molar-refractivity contribution in [2.75, 3.05) is 5.73 Å². The Morgan fingerprint density at radius 1 is 1.00 bits per heavy atom. The van der Waals surface area contributed by atoms with Crippen molar-refractivity contribution in [3.63, 3.8) is 0 Å². The van der Waals surface area contributed by atoms with Crippen molar-refractivity contribution in [3.05, 3.63) is 42.6 Å². The smallest absolute Gasteiger partial charge is 0.199 e. The SMILES string of the molecule is Nc1nonc1-c1nc2c(-c3ccccc3)nccc2n1C1CCCC1. The number of imidazole rings is 1. The third kappa shape index (κ3) is 2.28. The van der Waals surface area contributed by atoms with E-state index in [1.165, 1.54) is 12.8 Å². The third-order valence-corrected chi connectivity index (χ3v) is 5.07. The molecule has 0 atom stereocenters. The Bertz CT molecular complexity index is 1060. The Hall–Kier alpha value is -3.22. The highest BCUT2D eigenvalue weighted by atomic mass is 16.6. The standard InChI is InChI=1S/C19H18N6O/c20-18-17(23-26-24-18)19-22-16-14(25(19)13-8-4-5-9-13)10-11-21-15(16)12-6-2-1-3-7-12/h1-3,6-7,10-11,13H,4-5,8-9H2,(H2,20,24). The molecule has 0 amide bonds. The molecule has 7 nitrogen and oxygen atoms in total. The molecular formula is C19H18N6O. The van der Waals surface area contributed by atoms with Gasteiger partial charge in [-0.1, -0.05) is 43.2 Å². The lowest BCUT2D eigenvalue weighted by Gasteiger charge is -2.15. The van der Waals surface area contributed by atoms with Gasteiger partial charge in [-0.2, -0.15) is 0 Å². The second kappa shape index (κ2) is 5.94. The predicted molar refractivity (Wildman–Crippen MR) is 98.2 cm³/mol. The Labute approximate surface area is 149 Å². The molecule has 0 bridgehead atoms. The summed E-state index contributed by atoms with van der Waals surface area (Å²) in [5.74, 6) is 0.963. The summed E-state index contributed by atoms with van der Waals surface area (Å²) in [5, 5.41) is 7.74. The van der Waals surface area contributed by atoms with Crippen molar-refractivity contribution in [2.45, 2.75) is 31.7 Å². The number of hydrogen-bond acceptors (Lipinski definition) is 6. The topological polar surface area (TPSA) is 95.7 Å². The highest BCUT2D eigenvalue weighted by molar-refractivity contribution is 5.92. The van der Waals surface area contributed by atoms with Crippen LogP contribution in [0.1, 0.15) is 31.7 Å². The molecule has 0 radical (unpaired) electrons. The molecule has 130 valence electrons. The van der Waals surface area contributed by atoms with E-state index in [9.17, 15) is 0 Å². The highest BCUT2D eigenvalue weighted by Gasteiger charge is 2.27. The molecule has 4 aromatic rings. The fraction of sp³-hybridized carbons (Fsp3) is 0.263. The first-order valence-corrected chi connectivity index (χ1v) is 8.83. The molecule has 1 aromatic carbocycles. The van der Waals surface area contributed by atoms with E-state index < -0.39 is 0 Å². The van der Waals surface area contributed by atoms with Gasteiger partial charge < -0.3 is 10.3 Å². The van der Waals surface area contributed by atoms with E-state index in [0.29, 0.717) is 17.6 Å². The van der Waals surface area contributed by atoms with Crippen LogP contribution in [0.4, 0.5) is 5.82 Å². The molecule has 5 rings (SSSR count). The molecular weight excluding hydrogens is 328 g/mol. The first-order valence-electron chi connectivity index (χ1n) is 8.83. The van der Waals surface area contributed by atoms with E-state index in [1.807, 2.05) is 42.6 Å². The molecule has 0 unspecified atom stereocenters. The minimum absolute atomic E-state index is 0.258. The lowest BCUT2D eigenvalue weighted by atomic mass is 10.1. The van der Waals surface area contributed by atoms with Crippen molar-refractivity contribution in [3.8, 4) is 22.8 Å². The van der Waals surface area contributed by atoms with Crippen molar-refractivity contribution < 1.29 is 4.63 Å². The molecule has 1 aliphatic carbocycles. The monoisotopic (exact) mass is 346 g/mol. The summed E-state index contributed by atoms with van der Waals surface area (Å²) in [6, 6.07) is 12.5. The van der Waals surface area contributed by atoms with Gasteiger partial charge in [-0.3, -0.25) is 4.98 Å². The van der Waals surface area contributed by atoms with E-state index in [0.717, 1.165) is 35.1 Å². The molecule has 0 spiro atoms. The number of nitrogens with zero attached hydrogens (tertiary/aromatic N) is 5. The van der Waals surface area contributed by atoms with Crippen LogP contribution >= 0.6 is 0 Å². The van der Waals surface area contributed by atoms with Crippen molar-refractivity contribution in [1.29, 1.82) is 0 Å². The average Bonchev–Trinajstić information content (AvgIpc) is 3.40. The minimum Gasteiger partial charge on any atom is -0.379 e. The lowest BCUT2D eigenvalue weighted by molar-refractivity contribution is 0.310. The Kier molecular flexibility index (Phi) is 3.44. The number of nitrogens with two attached hydrogens (primary N) is 1. The summed E-state index contributed by atoms with van der Waals surface area (Å²) in [5.41, 5.74) is 10.3. The van der Waals surface area contributed by atoms with Gasteiger partial charge >= 0.3 is 0 Å². The first-order chi connectivity index (χ1) is 12.8. The van der Waals surface area contributed by atoms with Gasteiger partial charge in [-0.05, 0) is 29.2 Å². The van der Waals surface area contributed by atoms with Gasteiger partial charge in [0.2, 0.25) is 0 Å². The van der Waals surface area contributed by atoms with Crippen LogP contribution in [0.3, 0.4) is 0 Å². The largest absolute Gasteiger partial charge is 0.379 e. The van der Waals surface area contributed by atoms with Crippen molar-refractivity contribution in [2.24, 2.45) is 0 Å². The van der Waals surface area contributed by atoms with Gasteiger partial charge in [0.25, 0.3) is 0 Å². The number of fused-ring (bicyclic) bond motifs is 1. The number of benzene rings is 1. The Morgan fingerprint density at radius 2 is 1.81 bits per heavy atom. The summed E-state index contributed by atoms with van der Waals surface area (Å²) >= 11 is 0. The molecule has 3 aromatic heterocycles. The minimum atomic E-state index is 0.258. The normalized spacial score (nSPS) is 15.1. The van der Waals surface area contributed by atoms with Gasteiger partial charge in [0.15, 0.2) is 17.3 Å². The summed E-state index contributed by atoms with van der Waals surface area (Å²) in [6.45, 7) is 0. The van der Waals surface area contributed by atoms with E-state index in [-0.39, 0.29) is 5.82 Å². The van der Waals surface area contributed by atoms with Crippen LogP contribution < -0.4 is 5.73 Å². The average molecular weight is 346 g/mol. The second-order valence-electron chi connectivity index (χ2n) is 6.64. The second-order valence-corrected chi connectivity index (χ2v) is 6.64. The molecule has 1 saturated carbocycles. The molecule has 1 aliphatic rings. The highest BCUT2D eigenvalue weighted by Crippen LogP contribution is 2.39. The predicted octanol–water partition coefficient (Wildman–Crippen LogP) is 3.85. The molecule has 0 aliphatic heterocycles. The van der Waals surface area contributed by atoms with Crippen molar-refractivity contribution >= 4 is 16.9 Å². The first kappa shape index (κ1) is 15.1. The summed E-state index contributed by atoms with van der Waals surface area (Å²) in [6.07, 6.45) is 6.51. The zero-order chi connectivity index (χ0) is 17.5. The van der Waals surface area contributed by atoms with Crippen LogP contribution in [-0.2, 0) is 0 Å². The fourth-order valence-corrected chi connectivity index (χ4v) is 3.88.